The average Bonchev–Trinajstić information content (AvgIpc) is 2.41. The summed E-state index contributed by atoms with van der Waals surface area (Å²) in [7, 11) is 0. The molecule has 0 bridgehead atoms. The van der Waals surface area contributed by atoms with Crippen LogP contribution in [0.15, 0.2) is 40.9 Å². The molecule has 0 heterocycles. The third-order valence-electron chi connectivity index (χ3n) is 3.02. The van der Waals surface area contributed by atoms with Crippen LogP contribution in [0.3, 0.4) is 0 Å². The Morgan fingerprint density at radius 1 is 1.24 bits per heavy atom. The smallest absolute Gasteiger partial charge is 0.137 e. The second-order valence-electron chi connectivity index (χ2n) is 5.25. The highest BCUT2D eigenvalue weighted by Gasteiger charge is 2.05. The Kier molecular flexibility index (Phi) is 5.23. The maximum atomic E-state index is 13.4. The molecule has 0 saturated heterocycles. The van der Waals surface area contributed by atoms with Gasteiger partial charge in [-0.2, -0.15) is 0 Å². The Morgan fingerprint density at radius 2 is 2.00 bits per heavy atom. The number of hydrogen-bond donors (Lipinski definition) is 1. The van der Waals surface area contributed by atoms with Crippen molar-refractivity contribution in [1.29, 1.82) is 0 Å². The van der Waals surface area contributed by atoms with E-state index in [1.807, 2.05) is 45.0 Å². The summed E-state index contributed by atoms with van der Waals surface area (Å²) in [5, 5.41) is 3.33. The molecule has 2 nitrogen and oxygen atoms in total. The fourth-order valence-corrected chi connectivity index (χ4v) is 2.38. The summed E-state index contributed by atoms with van der Waals surface area (Å²) in [6, 6.07) is 11.3. The molecule has 2 rings (SSSR count). The molecule has 21 heavy (non-hydrogen) atoms. The minimum absolute atomic E-state index is 0.156. The van der Waals surface area contributed by atoms with E-state index in [4.69, 9.17) is 4.74 Å². The first-order chi connectivity index (χ1) is 9.95. The molecule has 0 atom stereocenters. The van der Waals surface area contributed by atoms with Crippen molar-refractivity contribution >= 4 is 21.6 Å². The van der Waals surface area contributed by atoms with Gasteiger partial charge in [0.05, 0.1) is 10.6 Å². The lowest BCUT2D eigenvalue weighted by Gasteiger charge is -2.13. The summed E-state index contributed by atoms with van der Waals surface area (Å²) < 4.78 is 19.6. The van der Waals surface area contributed by atoms with Crippen molar-refractivity contribution < 1.29 is 9.13 Å². The number of benzene rings is 2. The van der Waals surface area contributed by atoms with Gasteiger partial charge < -0.3 is 10.1 Å². The van der Waals surface area contributed by atoms with Crippen molar-refractivity contribution in [2.24, 2.45) is 0 Å². The van der Waals surface area contributed by atoms with Crippen LogP contribution in [0.2, 0.25) is 0 Å². The summed E-state index contributed by atoms with van der Waals surface area (Å²) in [5.74, 6) is 0.617. The Bertz CT molecular complexity index is 628. The van der Waals surface area contributed by atoms with Crippen LogP contribution in [-0.2, 0) is 6.54 Å². The topological polar surface area (TPSA) is 21.3 Å². The fraction of sp³-hybridized carbons (Fsp3) is 0.294. The average molecular weight is 352 g/mol. The zero-order chi connectivity index (χ0) is 15.4. The predicted octanol–water partition coefficient (Wildman–Crippen LogP) is 5.30. The summed E-state index contributed by atoms with van der Waals surface area (Å²) in [6.45, 7) is 6.55. The third-order valence-corrected chi connectivity index (χ3v) is 3.63. The standard InChI is InChI=1S/C17H19BrFNO/c1-11(2)21-14-6-4-5-13(8-14)10-20-17-9-15(18)16(19)7-12(17)3/h4-9,11,20H,10H2,1-3H3. The first-order valence-corrected chi connectivity index (χ1v) is 7.70. The zero-order valence-electron chi connectivity index (χ0n) is 12.4. The Morgan fingerprint density at radius 3 is 2.71 bits per heavy atom. The van der Waals surface area contributed by atoms with Crippen molar-refractivity contribution in [3.63, 3.8) is 0 Å². The van der Waals surface area contributed by atoms with E-state index in [-0.39, 0.29) is 11.9 Å². The van der Waals surface area contributed by atoms with Crippen LogP contribution in [-0.4, -0.2) is 6.10 Å². The fourth-order valence-electron chi connectivity index (χ4n) is 2.03. The van der Waals surface area contributed by atoms with Crippen molar-refractivity contribution in [1.82, 2.24) is 0 Å². The first kappa shape index (κ1) is 15.8. The van der Waals surface area contributed by atoms with E-state index in [0.717, 1.165) is 22.6 Å². The minimum Gasteiger partial charge on any atom is -0.491 e. The van der Waals surface area contributed by atoms with Crippen molar-refractivity contribution in [2.75, 3.05) is 5.32 Å². The monoisotopic (exact) mass is 351 g/mol. The SMILES string of the molecule is Cc1cc(F)c(Br)cc1NCc1cccc(OC(C)C)c1. The first-order valence-electron chi connectivity index (χ1n) is 6.91. The molecule has 0 aliphatic rings. The van der Waals surface area contributed by atoms with Crippen LogP contribution in [0, 0.1) is 12.7 Å². The molecular formula is C17H19BrFNO. The Balaban J connectivity index is 2.08. The summed E-state index contributed by atoms with van der Waals surface area (Å²) in [4.78, 5) is 0. The predicted molar refractivity (Wildman–Crippen MR) is 88.4 cm³/mol. The van der Waals surface area contributed by atoms with Gasteiger partial charge in [0.15, 0.2) is 0 Å². The number of aryl methyl sites for hydroxylation is 1. The van der Waals surface area contributed by atoms with Gasteiger partial charge >= 0.3 is 0 Å². The molecule has 0 aliphatic carbocycles. The molecule has 0 saturated carbocycles. The lowest BCUT2D eigenvalue weighted by Crippen LogP contribution is -2.06. The third kappa shape index (κ3) is 4.46. The van der Waals surface area contributed by atoms with Crippen molar-refractivity contribution in [3.8, 4) is 5.75 Å². The molecule has 2 aromatic carbocycles. The highest BCUT2D eigenvalue weighted by molar-refractivity contribution is 9.10. The normalized spacial score (nSPS) is 10.8. The van der Waals surface area contributed by atoms with E-state index in [0.29, 0.717) is 11.0 Å². The summed E-state index contributed by atoms with van der Waals surface area (Å²) >= 11 is 3.21. The van der Waals surface area contributed by atoms with Crippen LogP contribution < -0.4 is 10.1 Å². The number of halogens is 2. The van der Waals surface area contributed by atoms with E-state index < -0.39 is 0 Å². The number of ether oxygens (including phenoxy) is 1. The van der Waals surface area contributed by atoms with E-state index in [2.05, 4.69) is 21.2 Å². The molecule has 1 N–H and O–H groups in total. The van der Waals surface area contributed by atoms with Gasteiger partial charge in [0.25, 0.3) is 0 Å². The maximum absolute atomic E-state index is 13.4. The molecule has 0 unspecified atom stereocenters. The summed E-state index contributed by atoms with van der Waals surface area (Å²) in [5.41, 5.74) is 2.91. The van der Waals surface area contributed by atoms with Gasteiger partial charge in [-0.15, -0.1) is 0 Å². The number of hydrogen-bond acceptors (Lipinski definition) is 2. The van der Waals surface area contributed by atoms with Crippen LogP contribution >= 0.6 is 15.9 Å². The quantitative estimate of drug-likeness (QED) is 0.789. The van der Waals surface area contributed by atoms with Crippen LogP contribution in [0.5, 0.6) is 5.75 Å². The Labute approximate surface area is 133 Å². The molecule has 0 aromatic heterocycles. The molecule has 0 aliphatic heterocycles. The van der Waals surface area contributed by atoms with Crippen LogP contribution in [0.25, 0.3) is 0 Å². The lowest BCUT2D eigenvalue weighted by atomic mass is 10.1. The number of nitrogens with one attached hydrogen (secondary N) is 1. The molecule has 0 fully saturated rings. The van der Waals surface area contributed by atoms with Gasteiger partial charge in [0, 0.05) is 12.2 Å². The van der Waals surface area contributed by atoms with Gasteiger partial charge in [-0.3, -0.25) is 0 Å². The second kappa shape index (κ2) is 6.94. The van der Waals surface area contributed by atoms with Gasteiger partial charge in [-0.05, 0) is 72.1 Å². The highest BCUT2D eigenvalue weighted by atomic mass is 79.9. The maximum Gasteiger partial charge on any atom is 0.137 e. The van der Waals surface area contributed by atoms with Crippen LogP contribution in [0.4, 0.5) is 10.1 Å². The lowest BCUT2D eigenvalue weighted by molar-refractivity contribution is 0.242. The molecular weight excluding hydrogens is 333 g/mol. The molecule has 112 valence electrons. The number of rotatable bonds is 5. The van der Waals surface area contributed by atoms with Crippen molar-refractivity contribution in [2.45, 2.75) is 33.4 Å². The second-order valence-corrected chi connectivity index (χ2v) is 6.10. The van der Waals surface area contributed by atoms with E-state index >= 15 is 0 Å². The van der Waals surface area contributed by atoms with Gasteiger partial charge in [0.2, 0.25) is 0 Å². The summed E-state index contributed by atoms with van der Waals surface area (Å²) in [6.07, 6.45) is 0.156. The van der Waals surface area contributed by atoms with E-state index in [1.54, 1.807) is 6.07 Å². The zero-order valence-corrected chi connectivity index (χ0v) is 14.0. The minimum atomic E-state index is -0.245. The molecule has 0 amide bonds. The number of anilines is 1. The molecule has 2 aromatic rings. The van der Waals surface area contributed by atoms with Gasteiger partial charge in [-0.1, -0.05) is 12.1 Å². The molecule has 0 spiro atoms. The largest absolute Gasteiger partial charge is 0.491 e. The van der Waals surface area contributed by atoms with E-state index in [1.165, 1.54) is 6.07 Å². The highest BCUT2D eigenvalue weighted by Crippen LogP contribution is 2.25. The van der Waals surface area contributed by atoms with Crippen molar-refractivity contribution in [3.05, 3.63) is 57.8 Å². The van der Waals surface area contributed by atoms with Crippen LogP contribution in [0.1, 0.15) is 25.0 Å². The Hall–Kier alpha value is -1.55. The van der Waals surface area contributed by atoms with Gasteiger partial charge in [-0.25, -0.2) is 4.39 Å². The van der Waals surface area contributed by atoms with Gasteiger partial charge in [0.1, 0.15) is 11.6 Å². The molecule has 0 radical (unpaired) electrons. The molecule has 4 heteroatoms. The van der Waals surface area contributed by atoms with E-state index in [9.17, 15) is 4.39 Å².